The van der Waals surface area contributed by atoms with E-state index >= 15 is 0 Å². The summed E-state index contributed by atoms with van der Waals surface area (Å²) in [6, 6.07) is 16.2. The normalized spacial score (nSPS) is 16.7. The molecule has 6 nitrogen and oxygen atoms in total. The predicted octanol–water partition coefficient (Wildman–Crippen LogP) is 5.86. The Morgan fingerprint density at radius 2 is 1.80 bits per heavy atom. The Morgan fingerprint density at radius 1 is 1.07 bits per heavy atom. The molecule has 0 radical (unpaired) electrons. The van der Waals surface area contributed by atoms with Crippen LogP contribution >= 0.6 is 34.7 Å². The van der Waals surface area contributed by atoms with E-state index in [1.54, 1.807) is 11.8 Å². The first-order chi connectivity index (χ1) is 14.5. The molecule has 0 amide bonds. The van der Waals surface area contributed by atoms with Crippen LogP contribution in [0.2, 0.25) is 5.02 Å². The number of nitrogens with one attached hydrogen (secondary N) is 1. The number of benzene rings is 2. The molecule has 0 aliphatic carbocycles. The first-order valence-electron chi connectivity index (χ1n) is 9.41. The Labute approximate surface area is 189 Å². The molecule has 0 fully saturated rings. The maximum atomic E-state index is 6.01. The molecule has 1 aliphatic heterocycles. The van der Waals surface area contributed by atoms with Crippen molar-refractivity contribution in [2.24, 2.45) is 10.1 Å². The van der Waals surface area contributed by atoms with Gasteiger partial charge in [-0.3, -0.25) is 5.32 Å². The molecule has 1 aliphatic rings. The number of hydrogen-bond acceptors (Lipinski definition) is 6. The number of rotatable bonds is 4. The summed E-state index contributed by atoms with van der Waals surface area (Å²) in [7, 11) is 0. The largest absolute Gasteiger partial charge is 0.299 e. The quantitative estimate of drug-likeness (QED) is 0.393. The summed E-state index contributed by atoms with van der Waals surface area (Å²) in [4.78, 5) is 4.84. The number of thioether (sulfide) groups is 1. The summed E-state index contributed by atoms with van der Waals surface area (Å²) in [6.45, 7) is 6.52. The molecule has 9 heteroatoms. The van der Waals surface area contributed by atoms with Gasteiger partial charge in [-0.15, -0.1) is 10.2 Å². The number of hydrazone groups is 1. The molecular formula is C21H21ClN6S2. The molecular weight excluding hydrogens is 436 g/mol. The molecule has 0 saturated heterocycles. The number of halogens is 1. The highest BCUT2D eigenvalue weighted by molar-refractivity contribution is 8.14. The highest BCUT2D eigenvalue weighted by Gasteiger charge is 2.31. The molecule has 3 aromatic rings. The molecule has 2 aromatic carbocycles. The van der Waals surface area contributed by atoms with Gasteiger partial charge >= 0.3 is 0 Å². The lowest BCUT2D eigenvalue weighted by atomic mass is 10.1. The molecule has 0 bridgehead atoms. The average molecular weight is 457 g/mol. The molecule has 1 atom stereocenters. The van der Waals surface area contributed by atoms with E-state index in [0.717, 1.165) is 15.6 Å². The lowest BCUT2D eigenvalue weighted by Gasteiger charge is -2.24. The monoisotopic (exact) mass is 456 g/mol. The Bertz CT molecular complexity index is 1080. The van der Waals surface area contributed by atoms with Crippen LogP contribution in [0.1, 0.15) is 34.0 Å². The van der Waals surface area contributed by atoms with Crippen LogP contribution in [-0.2, 0) is 6.54 Å². The van der Waals surface area contributed by atoms with Gasteiger partial charge in [-0.1, -0.05) is 76.7 Å². The van der Waals surface area contributed by atoms with Gasteiger partial charge < -0.3 is 0 Å². The van der Waals surface area contributed by atoms with Crippen molar-refractivity contribution in [3.05, 3.63) is 75.3 Å². The fourth-order valence-electron chi connectivity index (χ4n) is 2.91. The first-order valence-corrected chi connectivity index (χ1v) is 11.5. The standard InChI is InChI=1S/C21H21ClN6S2/c1-13-4-8-17(9-5-13)19-28(27-15(3)29-19)20(24-21-26-25-14(2)30-21)23-12-16-6-10-18(22)11-7-16/h4-11,19H,12H2,1-3H3,(H,23,24,26). The van der Waals surface area contributed by atoms with E-state index in [4.69, 9.17) is 21.7 Å². The molecule has 0 spiro atoms. The van der Waals surface area contributed by atoms with Crippen LogP contribution < -0.4 is 5.32 Å². The number of guanidine groups is 1. The fourth-order valence-corrected chi connectivity index (χ4v) is 4.62. The van der Waals surface area contributed by atoms with Gasteiger partial charge in [-0.25, -0.2) is 10.0 Å². The lowest BCUT2D eigenvalue weighted by molar-refractivity contribution is 0.435. The third kappa shape index (κ3) is 5.00. The van der Waals surface area contributed by atoms with Gasteiger partial charge in [-0.05, 0) is 44.0 Å². The molecule has 1 aromatic heterocycles. The van der Waals surface area contributed by atoms with Crippen molar-refractivity contribution in [2.75, 3.05) is 5.32 Å². The molecule has 1 unspecified atom stereocenters. The zero-order chi connectivity index (χ0) is 21.1. The Hall–Kier alpha value is -2.42. The Balaban J connectivity index is 1.66. The van der Waals surface area contributed by atoms with Crippen molar-refractivity contribution in [3.63, 3.8) is 0 Å². The summed E-state index contributed by atoms with van der Waals surface area (Å²) in [5, 5.41) is 21.6. The van der Waals surface area contributed by atoms with Gasteiger partial charge in [0.2, 0.25) is 11.1 Å². The van der Waals surface area contributed by atoms with E-state index in [9.17, 15) is 0 Å². The summed E-state index contributed by atoms with van der Waals surface area (Å²) < 4.78 is 0. The van der Waals surface area contributed by atoms with Crippen LogP contribution in [0.3, 0.4) is 0 Å². The van der Waals surface area contributed by atoms with Crippen LogP contribution in [0.25, 0.3) is 0 Å². The maximum absolute atomic E-state index is 6.01. The molecule has 1 N–H and O–H groups in total. The zero-order valence-electron chi connectivity index (χ0n) is 16.8. The first kappa shape index (κ1) is 20.8. The zero-order valence-corrected chi connectivity index (χ0v) is 19.2. The summed E-state index contributed by atoms with van der Waals surface area (Å²) >= 11 is 9.20. The molecule has 30 heavy (non-hydrogen) atoms. The van der Waals surface area contributed by atoms with Crippen LogP contribution in [0.4, 0.5) is 5.13 Å². The summed E-state index contributed by atoms with van der Waals surface area (Å²) in [6.07, 6.45) is 0. The SMILES string of the molecule is CC1=NN(C(=NCc2ccc(Cl)cc2)Nc2nnc(C)s2)C(c2ccc(C)cc2)S1. The molecule has 2 heterocycles. The predicted molar refractivity (Wildman–Crippen MR) is 127 cm³/mol. The van der Waals surface area contributed by atoms with E-state index in [0.29, 0.717) is 22.7 Å². The third-order valence-corrected chi connectivity index (χ3v) is 6.53. The van der Waals surface area contributed by atoms with Crippen LogP contribution in [0.15, 0.2) is 58.6 Å². The van der Waals surface area contributed by atoms with Gasteiger partial charge in [0.25, 0.3) is 0 Å². The van der Waals surface area contributed by atoms with E-state index in [2.05, 4.69) is 46.7 Å². The van der Waals surface area contributed by atoms with Crippen LogP contribution in [0.5, 0.6) is 0 Å². The van der Waals surface area contributed by atoms with Crippen molar-refractivity contribution in [1.29, 1.82) is 0 Å². The van der Waals surface area contributed by atoms with Gasteiger partial charge in [0.05, 0.1) is 11.6 Å². The minimum absolute atomic E-state index is 0.00362. The smallest absolute Gasteiger partial charge is 0.222 e. The van der Waals surface area contributed by atoms with Crippen LogP contribution in [-0.4, -0.2) is 26.2 Å². The van der Waals surface area contributed by atoms with Crippen molar-refractivity contribution in [3.8, 4) is 0 Å². The van der Waals surface area contributed by atoms with Crippen molar-refractivity contribution in [1.82, 2.24) is 15.2 Å². The number of nitrogens with zero attached hydrogens (tertiary/aromatic N) is 5. The third-order valence-electron chi connectivity index (χ3n) is 4.40. The van der Waals surface area contributed by atoms with E-state index in [-0.39, 0.29) is 5.37 Å². The molecule has 4 rings (SSSR count). The second kappa shape index (κ2) is 9.16. The van der Waals surface area contributed by atoms with Crippen molar-refractivity contribution >= 4 is 50.8 Å². The number of aliphatic imine (C=N–C) groups is 1. The van der Waals surface area contributed by atoms with E-state index < -0.39 is 0 Å². The average Bonchev–Trinajstić information content (AvgIpc) is 3.32. The molecule has 154 valence electrons. The minimum atomic E-state index is -0.00362. The van der Waals surface area contributed by atoms with Crippen molar-refractivity contribution < 1.29 is 0 Å². The van der Waals surface area contributed by atoms with Gasteiger partial charge in [0, 0.05) is 5.02 Å². The van der Waals surface area contributed by atoms with Crippen LogP contribution in [0, 0.1) is 13.8 Å². The highest BCUT2D eigenvalue weighted by Crippen LogP contribution is 2.39. The lowest BCUT2D eigenvalue weighted by Crippen LogP contribution is -2.32. The summed E-state index contributed by atoms with van der Waals surface area (Å²) in [5.41, 5.74) is 3.46. The highest BCUT2D eigenvalue weighted by atomic mass is 35.5. The Morgan fingerprint density at radius 3 is 2.47 bits per heavy atom. The second-order valence-corrected chi connectivity index (χ2v) is 9.75. The Kier molecular flexibility index (Phi) is 6.36. The van der Waals surface area contributed by atoms with E-state index in [1.807, 2.05) is 43.1 Å². The maximum Gasteiger partial charge on any atom is 0.222 e. The number of hydrogen-bond donors (Lipinski definition) is 1. The summed E-state index contributed by atoms with van der Waals surface area (Å²) in [5.74, 6) is 0.635. The number of anilines is 1. The number of aryl methyl sites for hydroxylation is 2. The number of aromatic nitrogens is 2. The van der Waals surface area contributed by atoms with E-state index in [1.165, 1.54) is 22.5 Å². The topological polar surface area (TPSA) is 65.8 Å². The molecule has 0 saturated carbocycles. The van der Waals surface area contributed by atoms with Crippen molar-refractivity contribution in [2.45, 2.75) is 32.7 Å². The minimum Gasteiger partial charge on any atom is -0.299 e. The van der Waals surface area contributed by atoms with Gasteiger partial charge in [-0.2, -0.15) is 5.10 Å². The second-order valence-electron chi connectivity index (χ2n) is 6.86. The fraction of sp³-hybridized carbons (Fsp3) is 0.238. The van der Waals surface area contributed by atoms with Gasteiger partial charge in [0.1, 0.15) is 10.4 Å². The van der Waals surface area contributed by atoms with Gasteiger partial charge in [0.15, 0.2) is 0 Å².